The third-order valence-corrected chi connectivity index (χ3v) is 0.534. The second-order valence-electron chi connectivity index (χ2n) is 1.43. The quantitative estimate of drug-likeness (QED) is 0.547. The molecular formula is C7H10O4. The summed E-state index contributed by atoms with van der Waals surface area (Å²) in [6.45, 7) is 3.08. The Bertz CT molecular complexity index is 184. The molecule has 0 aliphatic carbocycles. The first-order chi connectivity index (χ1) is 5.04. The van der Waals surface area contributed by atoms with Crippen molar-refractivity contribution in [2.75, 3.05) is 0 Å². The number of carboxylic acid groups (broad SMARTS) is 2. The average Bonchev–Trinajstić information content (AvgIpc) is 1.89. The lowest BCUT2D eigenvalue weighted by molar-refractivity contribution is -0.136. The first-order valence-corrected chi connectivity index (χ1v) is 2.92. The van der Waals surface area contributed by atoms with Gasteiger partial charge in [0.25, 0.3) is 0 Å². The molecule has 0 saturated carbocycles. The van der Waals surface area contributed by atoms with Crippen molar-refractivity contribution < 1.29 is 19.8 Å². The molecule has 0 atom stereocenters. The van der Waals surface area contributed by atoms with Crippen molar-refractivity contribution in [3.8, 4) is 11.8 Å². The Morgan fingerprint density at radius 3 is 1.73 bits per heavy atom. The molecule has 0 aromatic rings. The van der Waals surface area contributed by atoms with Gasteiger partial charge in [-0.25, -0.2) is 4.79 Å². The lowest BCUT2D eigenvalue weighted by Crippen LogP contribution is -1.86. The number of rotatable bonds is 1. The van der Waals surface area contributed by atoms with Gasteiger partial charge in [-0.3, -0.25) is 4.79 Å². The summed E-state index contributed by atoms with van der Waals surface area (Å²) in [6.07, 6.45) is 0.222. The van der Waals surface area contributed by atoms with Crippen molar-refractivity contribution in [2.24, 2.45) is 0 Å². The molecule has 0 amide bonds. The Hall–Kier alpha value is -1.50. The van der Waals surface area contributed by atoms with Gasteiger partial charge in [0, 0.05) is 12.3 Å². The fraction of sp³-hybridized carbons (Fsp3) is 0.429. The van der Waals surface area contributed by atoms with Crippen LogP contribution < -0.4 is 0 Å². The number of hydrogen-bond donors (Lipinski definition) is 2. The van der Waals surface area contributed by atoms with Gasteiger partial charge in [0.15, 0.2) is 0 Å². The Labute approximate surface area is 64.8 Å². The summed E-state index contributed by atoms with van der Waals surface area (Å²) in [5, 5.41) is 15.5. The Morgan fingerprint density at radius 2 is 1.73 bits per heavy atom. The van der Waals surface area contributed by atoms with E-state index in [0.29, 0.717) is 0 Å². The van der Waals surface area contributed by atoms with E-state index in [9.17, 15) is 9.59 Å². The van der Waals surface area contributed by atoms with Crippen LogP contribution >= 0.6 is 0 Å². The maximum Gasteiger partial charge on any atom is 0.381 e. The summed E-state index contributed by atoms with van der Waals surface area (Å²) in [5.41, 5.74) is 0. The van der Waals surface area contributed by atoms with Crippen molar-refractivity contribution in [3.63, 3.8) is 0 Å². The summed E-state index contributed by atoms with van der Waals surface area (Å²) >= 11 is 0. The van der Waals surface area contributed by atoms with Crippen molar-refractivity contribution in [3.05, 3.63) is 0 Å². The third kappa shape index (κ3) is 29.3. The number of carboxylic acids is 2. The van der Waals surface area contributed by atoms with Gasteiger partial charge in [0.05, 0.1) is 0 Å². The van der Waals surface area contributed by atoms with Crippen LogP contribution in [0.1, 0.15) is 20.3 Å². The lowest BCUT2D eigenvalue weighted by atomic mass is 10.5. The van der Waals surface area contributed by atoms with Crippen LogP contribution in [0.3, 0.4) is 0 Å². The normalized spacial score (nSPS) is 6.36. The van der Waals surface area contributed by atoms with E-state index in [1.54, 1.807) is 6.92 Å². The van der Waals surface area contributed by atoms with Crippen molar-refractivity contribution >= 4 is 11.9 Å². The molecule has 0 aromatic heterocycles. The zero-order chi connectivity index (χ0) is 9.28. The molecule has 62 valence electrons. The minimum atomic E-state index is -1.07. The molecule has 4 nitrogen and oxygen atoms in total. The zero-order valence-electron chi connectivity index (χ0n) is 6.42. The highest BCUT2D eigenvalue weighted by molar-refractivity contribution is 5.86. The highest BCUT2D eigenvalue weighted by Crippen LogP contribution is 1.67. The third-order valence-electron chi connectivity index (χ3n) is 0.534. The summed E-state index contributed by atoms with van der Waals surface area (Å²) in [4.78, 5) is 18.8. The highest BCUT2D eigenvalue weighted by atomic mass is 16.4. The van der Waals surface area contributed by atoms with Gasteiger partial charge in [-0.15, -0.1) is 0 Å². The van der Waals surface area contributed by atoms with Gasteiger partial charge in [-0.2, -0.15) is 0 Å². The van der Waals surface area contributed by atoms with Crippen molar-refractivity contribution in [1.82, 2.24) is 0 Å². The minimum absolute atomic E-state index is 0.222. The molecule has 2 N–H and O–H groups in total. The summed E-state index contributed by atoms with van der Waals surface area (Å²) in [5.74, 6) is 2.28. The Balaban J connectivity index is 0. The summed E-state index contributed by atoms with van der Waals surface area (Å²) in [7, 11) is 0. The zero-order valence-corrected chi connectivity index (χ0v) is 6.42. The molecule has 11 heavy (non-hydrogen) atoms. The number of carbonyl (C=O) groups is 2. The molecule has 0 aromatic carbocycles. The fourth-order valence-corrected chi connectivity index (χ4v) is 0.107. The molecular weight excluding hydrogens is 148 g/mol. The second-order valence-corrected chi connectivity index (χ2v) is 1.43. The maximum atomic E-state index is 9.43. The SMILES string of the molecule is CC#CC(=O)O.CCC(=O)O. The fourth-order valence-electron chi connectivity index (χ4n) is 0.107. The molecule has 0 rings (SSSR count). The van der Waals surface area contributed by atoms with Gasteiger partial charge in [-0.05, 0) is 6.92 Å². The van der Waals surface area contributed by atoms with Gasteiger partial charge >= 0.3 is 11.9 Å². The van der Waals surface area contributed by atoms with Crippen LogP contribution in [0.15, 0.2) is 0 Å². The van der Waals surface area contributed by atoms with Crippen LogP contribution in [0.2, 0.25) is 0 Å². The highest BCUT2D eigenvalue weighted by Gasteiger charge is 1.80. The molecule has 0 unspecified atom stereocenters. The number of hydrogen-bond acceptors (Lipinski definition) is 2. The predicted molar refractivity (Wildman–Crippen MR) is 39.0 cm³/mol. The lowest BCUT2D eigenvalue weighted by Gasteiger charge is -1.71. The second kappa shape index (κ2) is 8.50. The molecule has 0 saturated heterocycles. The topological polar surface area (TPSA) is 74.6 Å². The largest absolute Gasteiger partial charge is 0.481 e. The predicted octanol–water partition coefficient (Wildman–Crippen LogP) is 0.575. The van der Waals surface area contributed by atoms with E-state index in [4.69, 9.17) is 10.2 Å². The average molecular weight is 158 g/mol. The van der Waals surface area contributed by atoms with Crippen molar-refractivity contribution in [2.45, 2.75) is 20.3 Å². The van der Waals surface area contributed by atoms with Crippen molar-refractivity contribution in [1.29, 1.82) is 0 Å². The molecule has 0 bridgehead atoms. The Kier molecular flexibility index (Phi) is 9.43. The number of aliphatic carboxylic acids is 2. The van der Waals surface area contributed by atoms with Crippen LogP contribution in [0.25, 0.3) is 0 Å². The summed E-state index contributed by atoms with van der Waals surface area (Å²) in [6, 6.07) is 0. The first-order valence-electron chi connectivity index (χ1n) is 2.92. The van der Waals surface area contributed by atoms with Crippen LogP contribution in [0.5, 0.6) is 0 Å². The van der Waals surface area contributed by atoms with E-state index in [-0.39, 0.29) is 6.42 Å². The van der Waals surface area contributed by atoms with Crippen LogP contribution in [-0.2, 0) is 9.59 Å². The van der Waals surface area contributed by atoms with E-state index in [1.165, 1.54) is 6.92 Å². The standard InChI is InChI=1S/C4H4O2.C3H6O2/c1-2-3-4(5)6;1-2-3(4)5/h1H3,(H,5,6);2H2,1H3,(H,4,5). The molecule has 0 fully saturated rings. The summed E-state index contributed by atoms with van der Waals surface area (Å²) < 4.78 is 0. The molecule has 0 spiro atoms. The van der Waals surface area contributed by atoms with E-state index < -0.39 is 11.9 Å². The molecule has 0 heterocycles. The van der Waals surface area contributed by atoms with E-state index in [0.717, 1.165) is 0 Å². The molecule has 4 heteroatoms. The Morgan fingerprint density at radius 1 is 1.36 bits per heavy atom. The molecule has 0 aliphatic rings. The smallest absolute Gasteiger partial charge is 0.381 e. The van der Waals surface area contributed by atoms with Crippen LogP contribution in [0, 0.1) is 11.8 Å². The van der Waals surface area contributed by atoms with Gasteiger partial charge in [0.1, 0.15) is 0 Å². The van der Waals surface area contributed by atoms with E-state index in [1.807, 2.05) is 5.92 Å². The minimum Gasteiger partial charge on any atom is -0.481 e. The molecule has 0 aliphatic heterocycles. The monoisotopic (exact) mass is 158 g/mol. The molecule has 0 radical (unpaired) electrons. The first kappa shape index (κ1) is 12.2. The van der Waals surface area contributed by atoms with E-state index >= 15 is 0 Å². The maximum absolute atomic E-state index is 9.43. The van der Waals surface area contributed by atoms with Crippen LogP contribution in [-0.4, -0.2) is 22.2 Å². The van der Waals surface area contributed by atoms with Gasteiger partial charge in [0.2, 0.25) is 0 Å². The van der Waals surface area contributed by atoms with Gasteiger partial charge < -0.3 is 10.2 Å². The van der Waals surface area contributed by atoms with Gasteiger partial charge in [-0.1, -0.05) is 12.8 Å². The van der Waals surface area contributed by atoms with Crippen LogP contribution in [0.4, 0.5) is 0 Å². The van der Waals surface area contributed by atoms with E-state index in [2.05, 4.69) is 5.92 Å².